The van der Waals surface area contributed by atoms with Gasteiger partial charge in [-0.05, 0) is 21.5 Å². The van der Waals surface area contributed by atoms with Crippen LogP contribution in [0.5, 0.6) is 0 Å². The number of aldehydes is 1. The average molecular weight is 239 g/mol. The van der Waals surface area contributed by atoms with Crippen LogP contribution < -0.4 is 0 Å². The third-order valence-electron chi connectivity index (χ3n) is 1.93. The van der Waals surface area contributed by atoms with Gasteiger partial charge >= 0.3 is 0 Å². The van der Waals surface area contributed by atoms with E-state index in [1.807, 2.05) is 18.2 Å². The van der Waals surface area contributed by atoms with Crippen molar-refractivity contribution in [2.45, 2.75) is 6.42 Å². The highest BCUT2D eigenvalue weighted by atomic mass is 79.9. The Kier molecular flexibility index (Phi) is 2.14. The third-order valence-corrected chi connectivity index (χ3v) is 2.53. The first-order valence-corrected chi connectivity index (χ1v) is 4.67. The van der Waals surface area contributed by atoms with Gasteiger partial charge in [0.15, 0.2) is 0 Å². The van der Waals surface area contributed by atoms with Gasteiger partial charge in [-0.3, -0.25) is 5.10 Å². The first kappa shape index (κ1) is 8.44. The van der Waals surface area contributed by atoms with Gasteiger partial charge in [0.25, 0.3) is 0 Å². The summed E-state index contributed by atoms with van der Waals surface area (Å²) in [5.41, 5.74) is 1.82. The maximum absolute atomic E-state index is 10.4. The number of hydrogen-bond donors (Lipinski definition) is 1. The van der Waals surface area contributed by atoms with E-state index < -0.39 is 0 Å². The Balaban J connectivity index is 2.69. The molecule has 0 saturated heterocycles. The quantitative estimate of drug-likeness (QED) is 0.815. The second kappa shape index (κ2) is 3.30. The topological polar surface area (TPSA) is 45.8 Å². The lowest BCUT2D eigenvalue weighted by molar-refractivity contribution is -0.107. The highest BCUT2D eigenvalue weighted by Crippen LogP contribution is 2.23. The summed E-state index contributed by atoms with van der Waals surface area (Å²) in [6, 6.07) is 5.78. The number of halogens is 1. The molecular formula is C9H7BrN2O. The molecule has 2 rings (SSSR count). The molecule has 66 valence electrons. The zero-order chi connectivity index (χ0) is 9.26. The molecule has 3 nitrogen and oxygen atoms in total. The van der Waals surface area contributed by atoms with E-state index in [-0.39, 0.29) is 0 Å². The van der Waals surface area contributed by atoms with Crippen molar-refractivity contribution in [3.8, 4) is 0 Å². The van der Waals surface area contributed by atoms with Crippen molar-refractivity contribution in [3.05, 3.63) is 28.4 Å². The summed E-state index contributed by atoms with van der Waals surface area (Å²) in [5, 5.41) is 7.95. The lowest BCUT2D eigenvalue weighted by atomic mass is 10.1. The monoisotopic (exact) mass is 238 g/mol. The SMILES string of the molecule is O=CCc1cccc2c(Br)[nH]nc12. The summed E-state index contributed by atoms with van der Waals surface area (Å²) >= 11 is 3.35. The summed E-state index contributed by atoms with van der Waals surface area (Å²) in [5.74, 6) is 0. The van der Waals surface area contributed by atoms with Gasteiger partial charge in [0, 0.05) is 11.8 Å². The summed E-state index contributed by atoms with van der Waals surface area (Å²) in [6.07, 6.45) is 1.30. The molecular weight excluding hydrogens is 232 g/mol. The van der Waals surface area contributed by atoms with Crippen molar-refractivity contribution in [2.24, 2.45) is 0 Å². The van der Waals surface area contributed by atoms with E-state index in [9.17, 15) is 4.79 Å². The summed E-state index contributed by atoms with van der Waals surface area (Å²) in [4.78, 5) is 10.4. The van der Waals surface area contributed by atoms with Gasteiger partial charge in [-0.25, -0.2) is 0 Å². The fourth-order valence-electron chi connectivity index (χ4n) is 1.32. The highest BCUT2D eigenvalue weighted by Gasteiger charge is 2.05. The van der Waals surface area contributed by atoms with E-state index in [1.165, 1.54) is 0 Å². The van der Waals surface area contributed by atoms with Gasteiger partial charge in [0.05, 0.1) is 5.52 Å². The van der Waals surface area contributed by atoms with Crippen LogP contribution >= 0.6 is 15.9 Å². The number of aromatic amines is 1. The molecule has 4 heteroatoms. The van der Waals surface area contributed by atoms with Crippen LogP contribution in [-0.2, 0) is 11.2 Å². The number of carbonyl (C=O) groups is 1. The average Bonchev–Trinajstić information content (AvgIpc) is 2.50. The van der Waals surface area contributed by atoms with E-state index in [0.29, 0.717) is 6.42 Å². The number of nitrogens with one attached hydrogen (secondary N) is 1. The number of aromatic nitrogens is 2. The van der Waals surface area contributed by atoms with E-state index in [1.54, 1.807) is 0 Å². The summed E-state index contributed by atoms with van der Waals surface area (Å²) in [7, 11) is 0. The van der Waals surface area contributed by atoms with Gasteiger partial charge in [-0.15, -0.1) is 0 Å². The van der Waals surface area contributed by atoms with Crippen LogP contribution in [0.15, 0.2) is 22.8 Å². The van der Waals surface area contributed by atoms with E-state index in [4.69, 9.17) is 0 Å². The molecule has 0 radical (unpaired) electrons. The molecule has 0 spiro atoms. The molecule has 0 atom stereocenters. The number of hydrogen-bond acceptors (Lipinski definition) is 2. The van der Waals surface area contributed by atoms with Crippen molar-refractivity contribution in [1.29, 1.82) is 0 Å². The molecule has 1 N–H and O–H groups in total. The van der Waals surface area contributed by atoms with Crippen LogP contribution in [0.4, 0.5) is 0 Å². The van der Waals surface area contributed by atoms with Crippen LogP contribution in [0.1, 0.15) is 5.56 Å². The highest BCUT2D eigenvalue weighted by molar-refractivity contribution is 9.10. The Hall–Kier alpha value is -1.16. The van der Waals surface area contributed by atoms with Crippen molar-refractivity contribution < 1.29 is 4.79 Å². The van der Waals surface area contributed by atoms with Crippen LogP contribution in [0.3, 0.4) is 0 Å². The van der Waals surface area contributed by atoms with Crippen molar-refractivity contribution in [3.63, 3.8) is 0 Å². The minimum Gasteiger partial charge on any atom is -0.303 e. The zero-order valence-corrected chi connectivity index (χ0v) is 8.34. The molecule has 0 aliphatic rings. The van der Waals surface area contributed by atoms with Crippen LogP contribution in [-0.4, -0.2) is 16.5 Å². The number of fused-ring (bicyclic) bond motifs is 1. The van der Waals surface area contributed by atoms with Crippen molar-refractivity contribution >= 4 is 33.1 Å². The lowest BCUT2D eigenvalue weighted by Crippen LogP contribution is -1.86. The molecule has 1 heterocycles. The Morgan fingerprint density at radius 3 is 3.15 bits per heavy atom. The molecule has 0 amide bonds. The molecule has 0 aliphatic carbocycles. The van der Waals surface area contributed by atoms with Crippen molar-refractivity contribution in [2.75, 3.05) is 0 Å². The first-order chi connectivity index (χ1) is 6.33. The number of para-hydroxylation sites is 1. The summed E-state index contributed by atoms with van der Waals surface area (Å²) in [6.45, 7) is 0. The molecule has 0 fully saturated rings. The second-order valence-electron chi connectivity index (χ2n) is 2.72. The predicted octanol–water partition coefficient (Wildman–Crippen LogP) is 2.07. The molecule has 0 bridgehead atoms. The Bertz CT molecular complexity index is 450. The largest absolute Gasteiger partial charge is 0.303 e. The van der Waals surface area contributed by atoms with Gasteiger partial charge in [0.1, 0.15) is 10.9 Å². The van der Waals surface area contributed by atoms with E-state index in [0.717, 1.165) is 27.4 Å². The fraction of sp³-hybridized carbons (Fsp3) is 0.111. The zero-order valence-electron chi connectivity index (χ0n) is 6.75. The molecule has 13 heavy (non-hydrogen) atoms. The van der Waals surface area contributed by atoms with Crippen LogP contribution in [0.25, 0.3) is 10.9 Å². The molecule has 0 aliphatic heterocycles. The van der Waals surface area contributed by atoms with Gasteiger partial charge in [0.2, 0.25) is 0 Å². The van der Waals surface area contributed by atoms with E-state index >= 15 is 0 Å². The lowest BCUT2D eigenvalue weighted by Gasteiger charge is -1.95. The standard InChI is InChI=1S/C9H7BrN2O/c10-9-7-3-1-2-6(4-5-13)8(7)11-12-9/h1-3,5H,4H2,(H,11,12). The smallest absolute Gasteiger partial charge is 0.124 e. The summed E-state index contributed by atoms with van der Waals surface area (Å²) < 4.78 is 0.857. The van der Waals surface area contributed by atoms with Crippen LogP contribution in [0, 0.1) is 0 Å². The number of nitrogens with zero attached hydrogens (tertiary/aromatic N) is 1. The van der Waals surface area contributed by atoms with E-state index in [2.05, 4.69) is 26.1 Å². The number of rotatable bonds is 2. The maximum Gasteiger partial charge on any atom is 0.124 e. The maximum atomic E-state index is 10.4. The van der Waals surface area contributed by atoms with Gasteiger partial charge < -0.3 is 4.79 Å². The Morgan fingerprint density at radius 2 is 2.38 bits per heavy atom. The molecule has 1 aromatic heterocycles. The minimum atomic E-state index is 0.411. The number of benzene rings is 1. The predicted molar refractivity (Wildman–Crippen MR) is 53.6 cm³/mol. The number of H-pyrrole nitrogens is 1. The fourth-order valence-corrected chi connectivity index (χ4v) is 1.73. The molecule has 2 aromatic rings. The minimum absolute atomic E-state index is 0.411. The van der Waals surface area contributed by atoms with Crippen LogP contribution in [0.2, 0.25) is 0 Å². The third kappa shape index (κ3) is 1.37. The normalized spacial score (nSPS) is 10.5. The molecule has 0 unspecified atom stereocenters. The molecule has 0 saturated carbocycles. The number of carbonyl (C=O) groups excluding carboxylic acids is 1. The van der Waals surface area contributed by atoms with Gasteiger partial charge in [-0.1, -0.05) is 18.2 Å². The Morgan fingerprint density at radius 1 is 1.54 bits per heavy atom. The Labute approximate surface area is 83.3 Å². The van der Waals surface area contributed by atoms with Crippen molar-refractivity contribution in [1.82, 2.24) is 10.2 Å². The van der Waals surface area contributed by atoms with Gasteiger partial charge in [-0.2, -0.15) is 5.10 Å². The second-order valence-corrected chi connectivity index (χ2v) is 3.51. The molecule has 1 aromatic carbocycles. The first-order valence-electron chi connectivity index (χ1n) is 3.88.